The van der Waals surface area contributed by atoms with Gasteiger partial charge in [-0.05, 0) is 35.6 Å². The Hall–Kier alpha value is -1.84. The lowest BCUT2D eigenvalue weighted by molar-refractivity contribution is 0.357. The first-order valence-corrected chi connectivity index (χ1v) is 7.12. The summed E-state index contributed by atoms with van der Waals surface area (Å²) < 4.78 is 5.54. The molecule has 104 valence electrons. The van der Waals surface area contributed by atoms with Crippen molar-refractivity contribution in [1.29, 1.82) is 0 Å². The van der Waals surface area contributed by atoms with Gasteiger partial charge in [0.25, 0.3) is 0 Å². The summed E-state index contributed by atoms with van der Waals surface area (Å²) in [6.07, 6.45) is 3.03. The number of hydrazine groups is 1. The highest BCUT2D eigenvalue weighted by molar-refractivity contribution is 5.39. The predicted octanol–water partition coefficient (Wildman–Crippen LogP) is 2.76. The fourth-order valence-corrected chi connectivity index (χ4v) is 2.74. The number of fused-ring (bicyclic) bond motifs is 1. The zero-order valence-corrected chi connectivity index (χ0v) is 11.5. The molecule has 0 bridgehead atoms. The van der Waals surface area contributed by atoms with E-state index in [-0.39, 0.29) is 6.04 Å². The molecule has 3 N–H and O–H groups in total. The van der Waals surface area contributed by atoms with Gasteiger partial charge in [0.15, 0.2) is 0 Å². The smallest absolute Gasteiger partial charge is 0.122 e. The molecule has 0 saturated carbocycles. The van der Waals surface area contributed by atoms with E-state index in [0.29, 0.717) is 0 Å². The normalized spacial score (nSPS) is 14.7. The second kappa shape index (κ2) is 6.07. The lowest BCUT2D eigenvalue weighted by atomic mass is 9.98. The number of nitrogens with two attached hydrogens (primary N) is 1. The fourth-order valence-electron chi connectivity index (χ4n) is 2.74. The topological polar surface area (TPSA) is 47.3 Å². The van der Waals surface area contributed by atoms with Crippen molar-refractivity contribution in [2.24, 2.45) is 5.84 Å². The van der Waals surface area contributed by atoms with Gasteiger partial charge in [0.05, 0.1) is 6.61 Å². The van der Waals surface area contributed by atoms with Gasteiger partial charge in [0.1, 0.15) is 5.75 Å². The molecule has 3 heteroatoms. The van der Waals surface area contributed by atoms with E-state index in [2.05, 4.69) is 35.8 Å². The summed E-state index contributed by atoms with van der Waals surface area (Å²) in [5.74, 6) is 6.74. The molecule has 0 aliphatic carbocycles. The number of nitrogens with one attached hydrogen (secondary N) is 1. The summed E-state index contributed by atoms with van der Waals surface area (Å²) in [7, 11) is 0. The monoisotopic (exact) mass is 268 g/mol. The first kappa shape index (κ1) is 13.2. The van der Waals surface area contributed by atoms with Gasteiger partial charge in [-0.25, -0.2) is 0 Å². The molecule has 1 unspecified atom stereocenters. The van der Waals surface area contributed by atoms with E-state index in [4.69, 9.17) is 10.6 Å². The van der Waals surface area contributed by atoms with Gasteiger partial charge < -0.3 is 4.74 Å². The van der Waals surface area contributed by atoms with Crippen LogP contribution in [0.1, 0.15) is 29.2 Å². The summed E-state index contributed by atoms with van der Waals surface area (Å²) >= 11 is 0. The van der Waals surface area contributed by atoms with Gasteiger partial charge >= 0.3 is 0 Å². The molecule has 1 aliphatic rings. The molecule has 3 nitrogen and oxygen atoms in total. The van der Waals surface area contributed by atoms with Crippen molar-refractivity contribution in [3.8, 4) is 5.75 Å². The van der Waals surface area contributed by atoms with Gasteiger partial charge in [-0.3, -0.25) is 11.3 Å². The van der Waals surface area contributed by atoms with E-state index >= 15 is 0 Å². The lowest BCUT2D eigenvalue weighted by Gasteiger charge is -2.16. The molecular weight excluding hydrogens is 248 g/mol. The zero-order chi connectivity index (χ0) is 13.8. The van der Waals surface area contributed by atoms with Crippen LogP contribution in [0.5, 0.6) is 5.75 Å². The Labute approximate surface area is 119 Å². The minimum atomic E-state index is 0.195. The van der Waals surface area contributed by atoms with E-state index in [1.54, 1.807) is 0 Å². The van der Waals surface area contributed by atoms with Gasteiger partial charge in [-0.1, -0.05) is 42.5 Å². The SMILES string of the molecule is NNC(CCc1ccc2c(c1)CCO2)c1ccccc1. The number of hydrogen-bond acceptors (Lipinski definition) is 3. The van der Waals surface area contributed by atoms with Crippen LogP contribution < -0.4 is 16.0 Å². The quantitative estimate of drug-likeness (QED) is 0.647. The van der Waals surface area contributed by atoms with E-state index < -0.39 is 0 Å². The minimum absolute atomic E-state index is 0.195. The van der Waals surface area contributed by atoms with Crippen LogP contribution in [0, 0.1) is 0 Å². The third kappa shape index (κ3) is 2.84. The molecule has 1 atom stereocenters. The number of benzene rings is 2. The highest BCUT2D eigenvalue weighted by Crippen LogP contribution is 2.27. The third-order valence-corrected chi connectivity index (χ3v) is 3.88. The Kier molecular flexibility index (Phi) is 4.00. The lowest BCUT2D eigenvalue weighted by Crippen LogP contribution is -2.28. The Balaban J connectivity index is 1.66. The van der Waals surface area contributed by atoms with E-state index in [1.807, 2.05) is 18.2 Å². The minimum Gasteiger partial charge on any atom is -0.493 e. The standard InChI is InChI=1S/C17H20N2O/c18-19-16(14-4-2-1-3-5-14)8-6-13-7-9-17-15(12-13)10-11-20-17/h1-5,7,9,12,16,19H,6,8,10-11,18H2. The van der Waals surface area contributed by atoms with Crippen LogP contribution >= 0.6 is 0 Å². The third-order valence-electron chi connectivity index (χ3n) is 3.88. The number of hydrogen-bond donors (Lipinski definition) is 2. The van der Waals surface area contributed by atoms with Crippen LogP contribution in [-0.2, 0) is 12.8 Å². The number of ether oxygens (including phenoxy) is 1. The second-order valence-corrected chi connectivity index (χ2v) is 5.21. The molecule has 2 aromatic rings. The van der Waals surface area contributed by atoms with Crippen molar-refractivity contribution in [1.82, 2.24) is 5.43 Å². The van der Waals surface area contributed by atoms with Crippen molar-refractivity contribution in [3.05, 3.63) is 65.2 Å². The highest BCUT2D eigenvalue weighted by Gasteiger charge is 2.13. The number of aryl methyl sites for hydroxylation is 1. The Morgan fingerprint density at radius 3 is 2.80 bits per heavy atom. The Morgan fingerprint density at radius 2 is 2.00 bits per heavy atom. The maximum absolute atomic E-state index is 5.69. The van der Waals surface area contributed by atoms with Crippen LogP contribution in [0.4, 0.5) is 0 Å². The maximum Gasteiger partial charge on any atom is 0.122 e. The maximum atomic E-state index is 5.69. The molecule has 3 rings (SSSR count). The van der Waals surface area contributed by atoms with E-state index in [0.717, 1.165) is 31.6 Å². The van der Waals surface area contributed by atoms with Crippen molar-refractivity contribution >= 4 is 0 Å². The average Bonchev–Trinajstić information content (AvgIpc) is 2.96. The Bertz CT molecular complexity index is 568. The fraction of sp³-hybridized carbons (Fsp3) is 0.294. The van der Waals surface area contributed by atoms with Gasteiger partial charge in [0.2, 0.25) is 0 Å². The zero-order valence-electron chi connectivity index (χ0n) is 11.5. The molecule has 0 fully saturated rings. The summed E-state index contributed by atoms with van der Waals surface area (Å²) in [6, 6.07) is 17.0. The molecule has 0 spiro atoms. The molecule has 0 aromatic heterocycles. The summed E-state index contributed by atoms with van der Waals surface area (Å²) in [4.78, 5) is 0. The molecule has 0 radical (unpaired) electrons. The van der Waals surface area contributed by atoms with Gasteiger partial charge in [0, 0.05) is 12.5 Å². The molecule has 0 amide bonds. The van der Waals surface area contributed by atoms with Gasteiger partial charge in [-0.15, -0.1) is 0 Å². The van der Waals surface area contributed by atoms with Gasteiger partial charge in [-0.2, -0.15) is 0 Å². The van der Waals surface area contributed by atoms with Crippen LogP contribution in [0.25, 0.3) is 0 Å². The molecule has 2 aromatic carbocycles. The van der Waals surface area contributed by atoms with E-state index in [1.165, 1.54) is 16.7 Å². The van der Waals surface area contributed by atoms with Crippen molar-refractivity contribution in [2.45, 2.75) is 25.3 Å². The van der Waals surface area contributed by atoms with E-state index in [9.17, 15) is 0 Å². The van der Waals surface area contributed by atoms with Crippen LogP contribution in [0.2, 0.25) is 0 Å². The molecule has 1 aliphatic heterocycles. The first-order chi connectivity index (χ1) is 9.86. The van der Waals surface area contributed by atoms with Crippen LogP contribution in [-0.4, -0.2) is 6.61 Å². The second-order valence-electron chi connectivity index (χ2n) is 5.21. The molecule has 1 heterocycles. The van der Waals surface area contributed by atoms with Crippen LogP contribution in [0.3, 0.4) is 0 Å². The summed E-state index contributed by atoms with van der Waals surface area (Å²) in [5, 5.41) is 0. The molecule has 20 heavy (non-hydrogen) atoms. The van der Waals surface area contributed by atoms with Crippen molar-refractivity contribution in [2.75, 3.05) is 6.61 Å². The molecule has 0 saturated heterocycles. The average molecular weight is 268 g/mol. The van der Waals surface area contributed by atoms with Crippen molar-refractivity contribution in [3.63, 3.8) is 0 Å². The van der Waals surface area contributed by atoms with Crippen LogP contribution in [0.15, 0.2) is 48.5 Å². The summed E-state index contributed by atoms with van der Waals surface area (Å²) in [5.41, 5.74) is 6.84. The Morgan fingerprint density at radius 1 is 1.15 bits per heavy atom. The van der Waals surface area contributed by atoms with Crippen molar-refractivity contribution < 1.29 is 4.74 Å². The predicted molar refractivity (Wildman–Crippen MR) is 80.5 cm³/mol. The highest BCUT2D eigenvalue weighted by atomic mass is 16.5. The number of rotatable bonds is 5. The first-order valence-electron chi connectivity index (χ1n) is 7.12. The largest absolute Gasteiger partial charge is 0.493 e. The summed E-state index contributed by atoms with van der Waals surface area (Å²) in [6.45, 7) is 0.815. The molecular formula is C17H20N2O.